The van der Waals surface area contributed by atoms with E-state index in [2.05, 4.69) is 5.32 Å². The first-order chi connectivity index (χ1) is 20.5. The van der Waals surface area contributed by atoms with Crippen LogP contribution in [0.3, 0.4) is 0 Å². The summed E-state index contributed by atoms with van der Waals surface area (Å²) >= 11 is 0. The maximum Gasteiger partial charge on any atom is 0.410 e. The molecule has 1 aliphatic carbocycles. The molecule has 2 aromatic carbocycles. The van der Waals surface area contributed by atoms with Crippen LogP contribution < -0.4 is 5.32 Å². The molecular formula is C33H40F2N4O4. The number of halogens is 2. The lowest BCUT2D eigenvalue weighted by Gasteiger charge is -2.39. The third-order valence-corrected chi connectivity index (χ3v) is 8.02. The molecule has 43 heavy (non-hydrogen) atoms. The van der Waals surface area contributed by atoms with Gasteiger partial charge in [0.2, 0.25) is 0 Å². The largest absolute Gasteiger partial charge is 0.444 e. The van der Waals surface area contributed by atoms with Crippen molar-refractivity contribution in [2.75, 3.05) is 32.7 Å². The lowest BCUT2D eigenvalue weighted by atomic mass is 9.90. The van der Waals surface area contributed by atoms with Crippen LogP contribution in [0.25, 0.3) is 5.57 Å². The van der Waals surface area contributed by atoms with Crippen molar-refractivity contribution in [2.24, 2.45) is 5.92 Å². The Balaban J connectivity index is 1.49. The van der Waals surface area contributed by atoms with E-state index in [-0.39, 0.29) is 55.8 Å². The zero-order valence-corrected chi connectivity index (χ0v) is 25.3. The molecule has 0 unspecified atom stereocenters. The maximum atomic E-state index is 15.2. The van der Waals surface area contributed by atoms with Crippen LogP contribution in [-0.2, 0) is 20.9 Å². The summed E-state index contributed by atoms with van der Waals surface area (Å²) < 4.78 is 34.8. The number of nitrogens with zero attached hydrogens (tertiary/aromatic N) is 3. The lowest BCUT2D eigenvalue weighted by molar-refractivity contribution is -0.131. The molecule has 1 atom stereocenters. The fourth-order valence-corrected chi connectivity index (χ4v) is 5.83. The Kier molecular flexibility index (Phi) is 8.76. The molecule has 1 saturated carbocycles. The Labute approximate surface area is 251 Å². The second-order valence-corrected chi connectivity index (χ2v) is 12.5. The maximum absolute atomic E-state index is 15.2. The number of carbonyl (C=O) groups excluding carboxylic acids is 3. The van der Waals surface area contributed by atoms with Crippen molar-refractivity contribution in [3.8, 4) is 0 Å². The van der Waals surface area contributed by atoms with Gasteiger partial charge >= 0.3 is 6.09 Å². The summed E-state index contributed by atoms with van der Waals surface area (Å²) in [6.07, 6.45) is 2.02. The first-order valence-corrected chi connectivity index (χ1v) is 15.1. The summed E-state index contributed by atoms with van der Waals surface area (Å²) in [4.78, 5) is 46.1. The molecule has 1 saturated heterocycles. The van der Waals surface area contributed by atoms with Gasteiger partial charge in [0.25, 0.3) is 11.8 Å². The second-order valence-electron chi connectivity index (χ2n) is 12.5. The van der Waals surface area contributed by atoms with Crippen LogP contribution in [0.5, 0.6) is 0 Å². The average Bonchev–Trinajstić information content (AvgIpc) is 3.80. The van der Waals surface area contributed by atoms with Gasteiger partial charge in [-0.25, -0.2) is 13.6 Å². The van der Waals surface area contributed by atoms with E-state index in [1.165, 1.54) is 18.2 Å². The fourth-order valence-electron chi connectivity index (χ4n) is 5.83. The molecule has 0 radical (unpaired) electrons. The second kappa shape index (κ2) is 12.3. The number of amides is 3. The number of benzene rings is 2. The smallest absolute Gasteiger partial charge is 0.410 e. The summed E-state index contributed by atoms with van der Waals surface area (Å²) in [6, 6.07) is 10.3. The van der Waals surface area contributed by atoms with Gasteiger partial charge in [0.05, 0.1) is 11.6 Å². The number of rotatable bonds is 7. The van der Waals surface area contributed by atoms with Gasteiger partial charge in [-0.15, -0.1) is 0 Å². The van der Waals surface area contributed by atoms with Gasteiger partial charge in [0, 0.05) is 44.8 Å². The molecule has 8 nitrogen and oxygen atoms in total. The van der Waals surface area contributed by atoms with Crippen molar-refractivity contribution < 1.29 is 27.9 Å². The normalized spacial score (nSPS) is 17.9. The zero-order chi connectivity index (χ0) is 30.9. The van der Waals surface area contributed by atoms with E-state index in [9.17, 15) is 18.8 Å². The number of nitrogens with one attached hydrogen (secondary N) is 1. The van der Waals surface area contributed by atoms with Crippen LogP contribution in [0.2, 0.25) is 0 Å². The fraction of sp³-hybridized carbons (Fsp3) is 0.485. The molecule has 10 heteroatoms. The Bertz CT molecular complexity index is 1420. The summed E-state index contributed by atoms with van der Waals surface area (Å²) in [5, 5.41) is 3.09. The van der Waals surface area contributed by atoms with Crippen molar-refractivity contribution in [1.82, 2.24) is 20.0 Å². The first kappa shape index (κ1) is 30.5. The van der Waals surface area contributed by atoms with Crippen LogP contribution in [0.1, 0.15) is 69.7 Å². The Morgan fingerprint density at radius 3 is 2.30 bits per heavy atom. The summed E-state index contributed by atoms with van der Waals surface area (Å²) in [6.45, 7) is 9.08. The van der Waals surface area contributed by atoms with E-state index in [0.29, 0.717) is 29.7 Å². The third kappa shape index (κ3) is 6.84. The molecule has 230 valence electrons. The van der Waals surface area contributed by atoms with Crippen molar-refractivity contribution in [1.29, 1.82) is 0 Å². The topological polar surface area (TPSA) is 82.2 Å². The van der Waals surface area contributed by atoms with Crippen LogP contribution in [0.15, 0.2) is 48.2 Å². The van der Waals surface area contributed by atoms with Gasteiger partial charge in [0.1, 0.15) is 22.9 Å². The molecule has 2 fully saturated rings. The Morgan fingerprint density at radius 2 is 1.67 bits per heavy atom. The highest BCUT2D eigenvalue weighted by atomic mass is 19.1. The Morgan fingerprint density at radius 1 is 1.00 bits per heavy atom. The molecule has 2 aromatic rings. The van der Waals surface area contributed by atoms with Crippen molar-refractivity contribution in [3.05, 3.63) is 76.5 Å². The van der Waals surface area contributed by atoms with Gasteiger partial charge in [0.15, 0.2) is 0 Å². The molecule has 2 aliphatic heterocycles. The highest BCUT2D eigenvalue weighted by molar-refractivity contribution is 6.26. The van der Waals surface area contributed by atoms with Gasteiger partial charge < -0.3 is 24.8 Å². The van der Waals surface area contributed by atoms with Crippen molar-refractivity contribution in [3.63, 3.8) is 0 Å². The number of hydrogen-bond acceptors (Lipinski definition) is 5. The van der Waals surface area contributed by atoms with E-state index >= 15 is 4.39 Å². The molecule has 3 aliphatic rings. The van der Waals surface area contributed by atoms with Crippen molar-refractivity contribution >= 4 is 23.5 Å². The Hall–Kier alpha value is -3.95. The molecular weight excluding hydrogens is 554 g/mol. The minimum Gasteiger partial charge on any atom is -0.444 e. The minimum absolute atomic E-state index is 0.121. The molecule has 2 heterocycles. The number of piperazine rings is 1. The van der Waals surface area contributed by atoms with Gasteiger partial charge in [-0.3, -0.25) is 9.59 Å². The van der Waals surface area contributed by atoms with Crippen LogP contribution >= 0.6 is 0 Å². The SMILES string of the molecule is CCCN1Cc2c(F)cccc2C(C(=O)N[C@H](c2cccc(F)c2)C2CC2)=C1C(=O)N1CCN(C(=O)OC(C)(C)C)CC1. The number of ether oxygens (including phenoxy) is 1. The molecule has 0 aromatic heterocycles. The number of carbonyl (C=O) groups is 3. The van der Waals surface area contributed by atoms with Crippen LogP contribution in [0, 0.1) is 17.6 Å². The number of hydrogen-bond donors (Lipinski definition) is 1. The quantitative estimate of drug-likeness (QED) is 0.474. The van der Waals surface area contributed by atoms with Crippen LogP contribution in [0.4, 0.5) is 13.6 Å². The third-order valence-electron chi connectivity index (χ3n) is 8.02. The van der Waals surface area contributed by atoms with E-state index in [1.54, 1.807) is 59.7 Å². The molecule has 3 amide bonds. The summed E-state index contributed by atoms with van der Waals surface area (Å²) in [5.41, 5.74) is 1.11. The van der Waals surface area contributed by atoms with Gasteiger partial charge in [-0.05, 0) is 75.3 Å². The van der Waals surface area contributed by atoms with Gasteiger partial charge in [-0.2, -0.15) is 0 Å². The van der Waals surface area contributed by atoms with E-state index in [0.717, 1.165) is 12.8 Å². The summed E-state index contributed by atoms with van der Waals surface area (Å²) in [7, 11) is 0. The first-order valence-electron chi connectivity index (χ1n) is 15.1. The highest BCUT2D eigenvalue weighted by Crippen LogP contribution is 2.42. The van der Waals surface area contributed by atoms with Gasteiger partial charge in [-0.1, -0.05) is 31.2 Å². The molecule has 5 rings (SSSR count). The average molecular weight is 595 g/mol. The predicted octanol–water partition coefficient (Wildman–Crippen LogP) is 5.25. The standard InChI is InChI=1S/C33H40F2N4O4/c1-5-14-39-20-25-24(10-7-11-26(25)35)27(30(40)36-28(21-12-13-21)22-8-6-9-23(34)19-22)29(39)31(41)37-15-17-38(18-16-37)32(42)43-33(2,3)4/h6-11,19,21,28H,5,12-18,20H2,1-4H3,(H,36,40)/t28-/m0/s1. The predicted molar refractivity (Wildman–Crippen MR) is 158 cm³/mol. The minimum atomic E-state index is -0.633. The van der Waals surface area contributed by atoms with E-state index in [4.69, 9.17) is 4.74 Å². The molecule has 0 bridgehead atoms. The zero-order valence-electron chi connectivity index (χ0n) is 25.3. The lowest BCUT2D eigenvalue weighted by Crippen LogP contribution is -2.53. The van der Waals surface area contributed by atoms with Crippen molar-refractivity contribution in [2.45, 2.75) is 65.1 Å². The van der Waals surface area contributed by atoms with E-state index in [1.807, 2.05) is 6.92 Å². The number of fused-ring (bicyclic) bond motifs is 1. The van der Waals surface area contributed by atoms with Crippen LogP contribution in [-0.4, -0.2) is 70.9 Å². The monoisotopic (exact) mass is 594 g/mol. The molecule has 0 spiro atoms. The van der Waals surface area contributed by atoms with E-state index < -0.39 is 35.3 Å². The highest BCUT2D eigenvalue weighted by Gasteiger charge is 2.40. The summed E-state index contributed by atoms with van der Waals surface area (Å²) in [5.74, 6) is -1.52. The molecule has 1 N–H and O–H groups in total.